The normalized spacial score (nSPS) is 16.5. The Morgan fingerprint density at radius 3 is 2.73 bits per heavy atom. The number of aromatic nitrogens is 1. The molecule has 1 aromatic heterocycles. The summed E-state index contributed by atoms with van der Waals surface area (Å²) in [6.07, 6.45) is 1.43. The van der Waals surface area contributed by atoms with Crippen molar-refractivity contribution >= 4 is 17.6 Å². The second-order valence-electron chi connectivity index (χ2n) is 7.43. The van der Waals surface area contributed by atoms with Gasteiger partial charge in [0.15, 0.2) is 5.60 Å². The summed E-state index contributed by atoms with van der Waals surface area (Å²) in [5.41, 5.74) is 10.6. The minimum Gasteiger partial charge on any atom is -0.454 e. The van der Waals surface area contributed by atoms with E-state index in [1.807, 2.05) is 6.07 Å². The molecule has 0 radical (unpaired) electrons. The second kappa shape index (κ2) is 8.06. The average Bonchev–Trinajstić information content (AvgIpc) is 2.67. The summed E-state index contributed by atoms with van der Waals surface area (Å²) in [5, 5.41) is 18.8. The van der Waals surface area contributed by atoms with Crippen molar-refractivity contribution in [3.63, 3.8) is 0 Å². The Labute approximate surface area is 172 Å². The molecule has 1 aliphatic rings. The molecular formula is C20H21FN6O3. The van der Waals surface area contributed by atoms with Crippen molar-refractivity contribution in [1.82, 2.24) is 4.98 Å². The molecule has 1 fully saturated rings. The molecule has 2 heterocycles. The van der Waals surface area contributed by atoms with E-state index in [-0.39, 0.29) is 30.9 Å². The number of hydrogen-bond donors (Lipinski definition) is 4. The summed E-state index contributed by atoms with van der Waals surface area (Å²) in [6, 6.07) is 8.41. The van der Waals surface area contributed by atoms with Crippen molar-refractivity contribution in [1.29, 1.82) is 10.7 Å². The van der Waals surface area contributed by atoms with E-state index in [1.54, 1.807) is 6.92 Å². The van der Waals surface area contributed by atoms with Crippen LogP contribution in [0, 0.1) is 22.6 Å². The Morgan fingerprint density at radius 2 is 2.20 bits per heavy atom. The minimum absolute atomic E-state index is 0.107. The smallest absolute Gasteiger partial charge is 0.279 e. The summed E-state index contributed by atoms with van der Waals surface area (Å²) in [5.74, 6) is -1.06. The monoisotopic (exact) mass is 412 g/mol. The lowest BCUT2D eigenvalue weighted by Gasteiger charge is -2.45. The van der Waals surface area contributed by atoms with Gasteiger partial charge >= 0.3 is 0 Å². The molecule has 0 saturated carbocycles. The molecule has 10 heteroatoms. The van der Waals surface area contributed by atoms with Crippen LogP contribution in [0.25, 0.3) is 0 Å². The molecule has 0 spiro atoms. The number of nitrogens with zero attached hydrogens (tertiary/aromatic N) is 2. The maximum Gasteiger partial charge on any atom is 0.279 e. The van der Waals surface area contributed by atoms with Crippen LogP contribution in [0.3, 0.4) is 0 Å². The van der Waals surface area contributed by atoms with Gasteiger partial charge in [-0.05, 0) is 37.3 Å². The molecular weight excluding hydrogens is 391 g/mol. The molecule has 0 unspecified atom stereocenters. The van der Waals surface area contributed by atoms with Crippen LogP contribution in [0.2, 0.25) is 0 Å². The number of nitrogens with two attached hydrogens (primary N) is 2. The van der Waals surface area contributed by atoms with Crippen molar-refractivity contribution in [2.75, 3.05) is 18.5 Å². The van der Waals surface area contributed by atoms with Gasteiger partial charge in [-0.2, -0.15) is 5.26 Å². The third kappa shape index (κ3) is 4.53. The fourth-order valence-electron chi connectivity index (χ4n) is 3.35. The maximum absolute atomic E-state index is 14.6. The summed E-state index contributed by atoms with van der Waals surface area (Å²) < 4.78 is 25.2. The molecule has 6 N–H and O–H groups in total. The highest BCUT2D eigenvalue weighted by atomic mass is 19.1. The molecule has 0 aliphatic carbocycles. The predicted molar refractivity (Wildman–Crippen MR) is 106 cm³/mol. The first-order valence-electron chi connectivity index (χ1n) is 9.01. The highest BCUT2D eigenvalue weighted by molar-refractivity contribution is 6.02. The Hall–Kier alpha value is -3.55. The van der Waals surface area contributed by atoms with Gasteiger partial charge in [0.25, 0.3) is 11.9 Å². The van der Waals surface area contributed by atoms with Gasteiger partial charge in [0.05, 0.1) is 18.8 Å². The number of nitriles is 1. The molecule has 2 aromatic rings. The first kappa shape index (κ1) is 21.2. The molecule has 1 atom stereocenters. The topological polar surface area (TPSA) is 160 Å². The number of pyridine rings is 1. The van der Waals surface area contributed by atoms with E-state index in [1.165, 1.54) is 36.5 Å². The van der Waals surface area contributed by atoms with Gasteiger partial charge in [-0.1, -0.05) is 0 Å². The Balaban J connectivity index is 1.80. The third-order valence-corrected chi connectivity index (χ3v) is 4.71. The van der Waals surface area contributed by atoms with Gasteiger partial charge in [-0.3, -0.25) is 10.2 Å². The Morgan fingerprint density at radius 1 is 1.47 bits per heavy atom. The van der Waals surface area contributed by atoms with E-state index in [2.05, 4.69) is 10.3 Å². The average molecular weight is 412 g/mol. The third-order valence-electron chi connectivity index (χ3n) is 4.71. The first-order valence-corrected chi connectivity index (χ1v) is 9.01. The van der Waals surface area contributed by atoms with E-state index in [4.69, 9.17) is 31.6 Å². The maximum atomic E-state index is 14.6. The largest absolute Gasteiger partial charge is 0.454 e. The number of halogens is 1. The molecule has 1 aliphatic heterocycles. The van der Waals surface area contributed by atoms with Gasteiger partial charge in [0.1, 0.15) is 17.6 Å². The highest BCUT2D eigenvalue weighted by Crippen LogP contribution is 2.37. The van der Waals surface area contributed by atoms with Gasteiger partial charge in [-0.25, -0.2) is 9.37 Å². The lowest BCUT2D eigenvalue weighted by Crippen LogP contribution is -2.58. The number of ether oxygens (including phenoxy) is 2. The molecule has 30 heavy (non-hydrogen) atoms. The molecule has 1 saturated heterocycles. The summed E-state index contributed by atoms with van der Waals surface area (Å²) in [4.78, 5) is 16.3. The van der Waals surface area contributed by atoms with Gasteiger partial charge in [0, 0.05) is 29.4 Å². The van der Waals surface area contributed by atoms with Gasteiger partial charge < -0.3 is 26.3 Å². The van der Waals surface area contributed by atoms with Crippen molar-refractivity contribution in [2.24, 2.45) is 11.5 Å². The van der Waals surface area contributed by atoms with Crippen LogP contribution in [0.4, 0.5) is 10.1 Å². The van der Waals surface area contributed by atoms with Gasteiger partial charge in [0.2, 0.25) is 0 Å². The minimum atomic E-state index is -1.20. The number of carbonyl (C=O) groups is 1. The predicted octanol–water partition coefficient (Wildman–Crippen LogP) is 1.59. The molecule has 3 rings (SSSR count). The van der Waals surface area contributed by atoms with Crippen LogP contribution in [0.1, 0.15) is 35.0 Å². The molecule has 0 bridgehead atoms. The van der Waals surface area contributed by atoms with E-state index < -0.39 is 28.9 Å². The van der Waals surface area contributed by atoms with Crippen molar-refractivity contribution in [2.45, 2.75) is 24.5 Å². The van der Waals surface area contributed by atoms with Crippen LogP contribution in [0.5, 0.6) is 0 Å². The lowest BCUT2D eigenvalue weighted by molar-refractivity contribution is -0.180. The Kier molecular flexibility index (Phi) is 5.69. The fraction of sp³-hybridized carbons (Fsp3) is 0.300. The molecule has 1 amide bonds. The molecule has 1 aromatic carbocycles. The van der Waals surface area contributed by atoms with Crippen LogP contribution in [-0.2, 0) is 15.0 Å². The van der Waals surface area contributed by atoms with Crippen LogP contribution < -0.4 is 16.8 Å². The van der Waals surface area contributed by atoms with Crippen LogP contribution in [0.15, 0.2) is 36.5 Å². The molecule has 156 valence electrons. The second-order valence-corrected chi connectivity index (χ2v) is 7.43. The number of nitrogens with one attached hydrogen (secondary N) is 2. The number of benzene rings is 1. The van der Waals surface area contributed by atoms with Gasteiger partial charge in [-0.15, -0.1) is 0 Å². The Bertz CT molecular complexity index is 1010. The highest BCUT2D eigenvalue weighted by Gasteiger charge is 2.47. The number of rotatable bonds is 6. The summed E-state index contributed by atoms with van der Waals surface area (Å²) >= 11 is 0. The van der Waals surface area contributed by atoms with E-state index in [0.29, 0.717) is 11.3 Å². The van der Waals surface area contributed by atoms with Crippen molar-refractivity contribution in [3.8, 4) is 6.07 Å². The zero-order valence-corrected chi connectivity index (χ0v) is 16.2. The van der Waals surface area contributed by atoms with E-state index in [9.17, 15) is 9.18 Å². The number of anilines is 1. The van der Waals surface area contributed by atoms with Crippen LogP contribution in [-0.4, -0.2) is 35.7 Å². The molecule has 9 nitrogen and oxygen atoms in total. The quantitative estimate of drug-likeness (QED) is 0.414. The fourth-order valence-corrected chi connectivity index (χ4v) is 3.35. The number of carbonyl (C=O) groups excluding carboxylic acids is 1. The lowest BCUT2D eigenvalue weighted by atomic mass is 9.80. The summed E-state index contributed by atoms with van der Waals surface area (Å²) in [7, 11) is 0. The van der Waals surface area contributed by atoms with E-state index in [0.717, 1.165) is 0 Å². The van der Waals surface area contributed by atoms with Crippen LogP contribution >= 0.6 is 0 Å². The number of amidine groups is 1. The SMILES string of the molecule is C[C@](N)(CC1(OC(=N)N)COC1)c1cc(NC(=O)c2ccc(C#N)cn2)ccc1F. The summed E-state index contributed by atoms with van der Waals surface area (Å²) in [6.45, 7) is 1.99. The standard InChI is InChI=1S/C20H21FN6O3/c1-19(25,9-20(10-29-11-20)30-18(23)24)14-6-13(3-4-15(14)21)27-17(28)16-5-2-12(7-22)8-26-16/h2-6,8H,9-11,25H2,1H3,(H3,23,24)(H,27,28)/t19-/m0/s1. The van der Waals surface area contributed by atoms with Crippen molar-refractivity contribution < 1.29 is 18.7 Å². The van der Waals surface area contributed by atoms with E-state index >= 15 is 0 Å². The van der Waals surface area contributed by atoms with Crippen molar-refractivity contribution in [3.05, 3.63) is 59.2 Å². The zero-order valence-electron chi connectivity index (χ0n) is 16.2. The number of amides is 1. The zero-order chi connectivity index (χ0) is 21.9. The first-order chi connectivity index (χ1) is 14.1. The number of hydrogen-bond acceptors (Lipinski definition) is 7.